The number of aromatic nitrogens is 4. The van der Waals surface area contributed by atoms with E-state index in [9.17, 15) is 14.3 Å². The molecular formula is C30H30FN7O3. The number of carbonyl (C=O) groups excluding carboxylic acids is 1. The van der Waals surface area contributed by atoms with Gasteiger partial charge in [-0.05, 0) is 49.5 Å². The van der Waals surface area contributed by atoms with Crippen LogP contribution in [0.25, 0.3) is 16.6 Å². The topological polar surface area (TPSA) is 126 Å². The maximum absolute atomic E-state index is 15.0. The lowest BCUT2D eigenvalue weighted by Crippen LogP contribution is -2.22. The molecule has 0 aliphatic carbocycles. The molecule has 1 atom stereocenters. The molecule has 3 heterocycles. The molecular weight excluding hydrogens is 525 g/mol. The van der Waals surface area contributed by atoms with E-state index >= 15 is 0 Å². The number of ether oxygens (including phenoxy) is 1. The van der Waals surface area contributed by atoms with Gasteiger partial charge in [-0.1, -0.05) is 26.8 Å². The lowest BCUT2D eigenvalue weighted by atomic mass is 9.92. The quantitative estimate of drug-likeness (QED) is 0.184. The summed E-state index contributed by atoms with van der Waals surface area (Å²) in [5.74, 6) is 0.319. The number of fused-ring (bicyclic) bond motifs is 1. The van der Waals surface area contributed by atoms with Crippen LogP contribution in [-0.4, -0.2) is 37.9 Å². The lowest BCUT2D eigenvalue weighted by molar-refractivity contribution is 0.144. The average molecular weight is 556 g/mol. The first kappa shape index (κ1) is 27.7. The van der Waals surface area contributed by atoms with Gasteiger partial charge >= 0.3 is 6.03 Å². The minimum atomic E-state index is -0.964. The largest absolute Gasteiger partial charge is 0.457 e. The van der Waals surface area contributed by atoms with E-state index in [-0.39, 0.29) is 16.9 Å². The molecule has 210 valence electrons. The number of aliphatic hydroxyl groups is 1. The summed E-state index contributed by atoms with van der Waals surface area (Å²) in [7, 11) is 1.59. The zero-order valence-corrected chi connectivity index (χ0v) is 23.0. The molecule has 0 saturated carbocycles. The van der Waals surface area contributed by atoms with Crippen LogP contribution in [0.5, 0.6) is 11.5 Å². The first-order valence-corrected chi connectivity index (χ1v) is 12.9. The number of anilines is 2. The van der Waals surface area contributed by atoms with Gasteiger partial charge in [-0.25, -0.2) is 13.9 Å². The molecule has 1 unspecified atom stereocenters. The van der Waals surface area contributed by atoms with Gasteiger partial charge in [0.1, 0.15) is 29.4 Å². The third kappa shape index (κ3) is 6.32. The van der Waals surface area contributed by atoms with Crippen molar-refractivity contribution in [3.8, 4) is 17.2 Å². The first-order chi connectivity index (χ1) is 19.6. The third-order valence-corrected chi connectivity index (χ3v) is 6.28. The van der Waals surface area contributed by atoms with E-state index in [2.05, 4.69) is 25.9 Å². The highest BCUT2D eigenvalue weighted by molar-refractivity contribution is 5.99. The number of aliphatic hydroxyl groups excluding tert-OH is 1. The number of carbonyl (C=O) groups is 1. The van der Waals surface area contributed by atoms with E-state index in [0.717, 1.165) is 28.4 Å². The molecule has 3 aromatic heterocycles. The molecule has 0 bridgehead atoms. The Morgan fingerprint density at radius 1 is 0.976 bits per heavy atom. The van der Waals surface area contributed by atoms with Gasteiger partial charge in [0.05, 0.1) is 28.3 Å². The van der Waals surface area contributed by atoms with Gasteiger partial charge in [-0.3, -0.25) is 20.6 Å². The van der Waals surface area contributed by atoms with Crippen LogP contribution in [0.15, 0.2) is 79.1 Å². The summed E-state index contributed by atoms with van der Waals surface area (Å²) in [6.07, 6.45) is 2.25. The number of nitrogens with zero attached hydrogens (tertiary/aromatic N) is 4. The van der Waals surface area contributed by atoms with E-state index < -0.39 is 18.1 Å². The highest BCUT2D eigenvalue weighted by Gasteiger charge is 2.22. The molecule has 0 saturated heterocycles. The molecule has 4 N–H and O–H groups in total. The number of hydrogen-bond donors (Lipinski definition) is 4. The zero-order valence-electron chi connectivity index (χ0n) is 23.0. The summed E-state index contributed by atoms with van der Waals surface area (Å²) in [4.78, 5) is 21.4. The maximum Gasteiger partial charge on any atom is 0.324 e. The number of pyridine rings is 2. The molecule has 2 amide bonds. The number of urea groups is 1. The molecule has 11 heteroatoms. The van der Waals surface area contributed by atoms with E-state index in [0.29, 0.717) is 17.3 Å². The highest BCUT2D eigenvalue weighted by Crippen LogP contribution is 2.29. The fourth-order valence-corrected chi connectivity index (χ4v) is 4.08. The Kier molecular flexibility index (Phi) is 7.64. The van der Waals surface area contributed by atoms with Gasteiger partial charge in [0.15, 0.2) is 0 Å². The van der Waals surface area contributed by atoms with Crippen molar-refractivity contribution in [2.75, 3.05) is 17.7 Å². The minimum absolute atomic E-state index is 0.0326. The van der Waals surface area contributed by atoms with Crippen LogP contribution in [0.2, 0.25) is 0 Å². The summed E-state index contributed by atoms with van der Waals surface area (Å²) < 4.78 is 22.3. The van der Waals surface area contributed by atoms with Crippen LogP contribution < -0.4 is 20.7 Å². The van der Waals surface area contributed by atoms with Gasteiger partial charge in [0.2, 0.25) is 0 Å². The van der Waals surface area contributed by atoms with E-state index in [1.807, 2.05) is 51.1 Å². The van der Waals surface area contributed by atoms with E-state index in [1.165, 1.54) is 18.3 Å². The average Bonchev–Trinajstić information content (AvgIpc) is 3.38. The summed E-state index contributed by atoms with van der Waals surface area (Å²) in [6.45, 7) is 6.09. The molecule has 0 aliphatic rings. The third-order valence-electron chi connectivity index (χ3n) is 6.28. The van der Waals surface area contributed by atoms with Crippen LogP contribution in [0, 0.1) is 5.82 Å². The second-order valence-corrected chi connectivity index (χ2v) is 10.4. The molecule has 0 spiro atoms. The van der Waals surface area contributed by atoms with E-state index in [1.54, 1.807) is 36.1 Å². The molecule has 2 aromatic carbocycles. The standard InChI is InChI=1S/C30H30FN7O3/c1-30(2,3)26-17-27(38(37-26)19-7-9-23-18(14-19)6-5-12-33-23)36-29(40)35-24-10-8-20(15-22(24)31)41-21-11-13-34-25(16-21)28(39)32-4/h5-17,28,32,39H,1-4H3,(H2,35,36,40). The van der Waals surface area contributed by atoms with Crippen molar-refractivity contribution in [1.82, 2.24) is 25.1 Å². The molecule has 41 heavy (non-hydrogen) atoms. The van der Waals surface area contributed by atoms with E-state index in [4.69, 9.17) is 9.84 Å². The number of amides is 2. The normalized spacial score (nSPS) is 12.2. The molecule has 0 fully saturated rings. The zero-order chi connectivity index (χ0) is 29.1. The summed E-state index contributed by atoms with van der Waals surface area (Å²) >= 11 is 0. The highest BCUT2D eigenvalue weighted by atomic mass is 19.1. The molecule has 5 aromatic rings. The summed E-state index contributed by atoms with van der Waals surface area (Å²) in [5.41, 5.74) is 2.40. The number of nitrogens with one attached hydrogen (secondary N) is 3. The molecule has 0 radical (unpaired) electrons. The second-order valence-electron chi connectivity index (χ2n) is 10.4. The SMILES string of the molecule is CNC(O)c1cc(Oc2ccc(NC(=O)Nc3cc(C(C)(C)C)nn3-c3ccc4ncccc4c3)c(F)c2)ccn1. The van der Waals surface area contributed by atoms with Crippen molar-refractivity contribution in [3.05, 3.63) is 96.3 Å². The second kappa shape index (κ2) is 11.3. The van der Waals surface area contributed by atoms with Crippen molar-refractivity contribution >= 4 is 28.4 Å². The monoisotopic (exact) mass is 555 g/mol. The molecule has 10 nitrogen and oxygen atoms in total. The van der Waals surface area contributed by atoms with Gasteiger partial charge in [0, 0.05) is 41.4 Å². The number of hydrogen-bond acceptors (Lipinski definition) is 7. The Balaban J connectivity index is 1.34. The van der Waals surface area contributed by atoms with Crippen molar-refractivity contribution in [2.24, 2.45) is 0 Å². The van der Waals surface area contributed by atoms with Crippen molar-refractivity contribution in [3.63, 3.8) is 0 Å². The number of halogens is 1. The Hall–Kier alpha value is -4.87. The fraction of sp³-hybridized carbons (Fsp3) is 0.200. The maximum atomic E-state index is 15.0. The van der Waals surface area contributed by atoms with Gasteiger partial charge in [-0.15, -0.1) is 0 Å². The van der Waals surface area contributed by atoms with Crippen LogP contribution >= 0.6 is 0 Å². The number of rotatable bonds is 7. The Bertz CT molecular complexity index is 1710. The molecule has 5 rings (SSSR count). The Morgan fingerprint density at radius 3 is 2.54 bits per heavy atom. The first-order valence-electron chi connectivity index (χ1n) is 12.9. The van der Waals surface area contributed by atoms with Crippen LogP contribution in [-0.2, 0) is 5.41 Å². The summed E-state index contributed by atoms with van der Waals surface area (Å²) in [6, 6.07) is 17.9. The van der Waals surface area contributed by atoms with Gasteiger partial charge in [0.25, 0.3) is 0 Å². The Labute approximate surface area is 236 Å². The summed E-state index contributed by atoms with van der Waals surface area (Å²) in [5, 5.41) is 23.6. The van der Waals surface area contributed by atoms with Crippen molar-refractivity contribution < 1.29 is 19.0 Å². The fourth-order valence-electron chi connectivity index (χ4n) is 4.08. The van der Waals surface area contributed by atoms with Crippen molar-refractivity contribution in [1.29, 1.82) is 0 Å². The van der Waals surface area contributed by atoms with Crippen LogP contribution in [0.4, 0.5) is 20.7 Å². The van der Waals surface area contributed by atoms with Gasteiger partial charge in [-0.2, -0.15) is 5.10 Å². The smallest absolute Gasteiger partial charge is 0.324 e. The predicted molar refractivity (Wildman–Crippen MR) is 155 cm³/mol. The lowest BCUT2D eigenvalue weighted by Gasteiger charge is -2.14. The van der Waals surface area contributed by atoms with Crippen LogP contribution in [0.1, 0.15) is 38.4 Å². The number of benzene rings is 2. The van der Waals surface area contributed by atoms with Crippen molar-refractivity contribution in [2.45, 2.75) is 32.4 Å². The van der Waals surface area contributed by atoms with Gasteiger partial charge < -0.3 is 15.2 Å². The molecule has 0 aliphatic heterocycles. The Morgan fingerprint density at radius 2 is 1.78 bits per heavy atom. The minimum Gasteiger partial charge on any atom is -0.457 e. The van der Waals surface area contributed by atoms with Crippen LogP contribution in [0.3, 0.4) is 0 Å². The predicted octanol–water partition coefficient (Wildman–Crippen LogP) is 5.90.